The Morgan fingerprint density at radius 1 is 1.20 bits per heavy atom. The van der Waals surface area contributed by atoms with E-state index in [2.05, 4.69) is 31.1 Å². The lowest BCUT2D eigenvalue weighted by Crippen LogP contribution is -2.40. The standard InChI is InChI=1S/C27H41FN4O5S2Si/c1-15(2)18-12-17(13-29)21(28)20(16(3)4)22(18)31-25(33)32-39(35,36)23-19(30-24(38-23)27(8,9)34)14-37-40(10,11)26(5,6)7/h12,15-16,34H,14H2,1-11H3,(H2,31,32,33). The molecule has 0 aliphatic rings. The number of nitriles is 1. The fraction of sp³-hybridized carbons (Fsp3) is 0.593. The molecule has 0 unspecified atom stereocenters. The van der Waals surface area contributed by atoms with E-state index in [1.54, 1.807) is 13.8 Å². The lowest BCUT2D eigenvalue weighted by molar-refractivity contribution is 0.0779. The molecule has 0 bridgehead atoms. The normalized spacial score (nSPS) is 13.1. The van der Waals surface area contributed by atoms with Crippen molar-refractivity contribution in [2.75, 3.05) is 5.32 Å². The topological polar surface area (TPSA) is 141 Å². The lowest BCUT2D eigenvalue weighted by atomic mass is 9.90. The van der Waals surface area contributed by atoms with Gasteiger partial charge in [0.05, 0.1) is 23.6 Å². The average Bonchev–Trinajstić information content (AvgIpc) is 3.22. The van der Waals surface area contributed by atoms with Crippen LogP contribution in [0.1, 0.15) is 102 Å². The number of nitrogens with zero attached hydrogens (tertiary/aromatic N) is 2. The van der Waals surface area contributed by atoms with Gasteiger partial charge in [-0.05, 0) is 55.4 Å². The van der Waals surface area contributed by atoms with Crippen molar-refractivity contribution in [2.45, 2.75) is 109 Å². The van der Waals surface area contributed by atoms with E-state index in [4.69, 9.17) is 4.43 Å². The van der Waals surface area contributed by atoms with E-state index in [0.717, 1.165) is 11.3 Å². The zero-order valence-corrected chi connectivity index (χ0v) is 27.7. The van der Waals surface area contributed by atoms with Gasteiger partial charge >= 0.3 is 6.03 Å². The zero-order chi connectivity index (χ0) is 31.0. The van der Waals surface area contributed by atoms with Crippen LogP contribution in [-0.2, 0) is 26.7 Å². The summed E-state index contributed by atoms with van der Waals surface area (Å²) in [5, 5.41) is 22.5. The molecule has 0 atom stereocenters. The quantitative estimate of drug-likeness (QED) is 0.269. The number of urea groups is 1. The monoisotopic (exact) mass is 612 g/mol. The van der Waals surface area contributed by atoms with Crippen molar-refractivity contribution in [3.8, 4) is 6.07 Å². The summed E-state index contributed by atoms with van der Waals surface area (Å²) in [6.45, 7) is 20.1. The van der Waals surface area contributed by atoms with Gasteiger partial charge < -0.3 is 14.8 Å². The largest absolute Gasteiger partial charge is 0.411 e. The Bertz CT molecular complexity index is 1420. The van der Waals surface area contributed by atoms with Gasteiger partial charge in [-0.2, -0.15) is 5.26 Å². The SMILES string of the molecule is CC(C)c1cc(C#N)c(F)c(C(C)C)c1NC(=O)NS(=O)(=O)c1sc(C(C)(C)O)nc1CO[Si](C)(C)C(C)(C)C. The molecule has 0 fully saturated rings. The first-order valence-corrected chi connectivity index (χ1v) is 18.2. The molecule has 40 heavy (non-hydrogen) atoms. The highest BCUT2D eigenvalue weighted by Gasteiger charge is 2.39. The number of aromatic nitrogens is 1. The fourth-order valence-corrected chi connectivity index (χ4v) is 6.93. The van der Waals surface area contributed by atoms with Gasteiger partial charge in [0.25, 0.3) is 10.0 Å². The Hall–Kier alpha value is -2.37. The number of aliphatic hydroxyl groups is 1. The Morgan fingerprint density at radius 2 is 1.77 bits per heavy atom. The van der Waals surface area contributed by atoms with E-state index in [1.807, 2.05) is 37.7 Å². The fourth-order valence-electron chi connectivity index (χ4n) is 3.59. The van der Waals surface area contributed by atoms with Crippen LogP contribution in [0, 0.1) is 17.1 Å². The molecule has 0 saturated carbocycles. The maximum atomic E-state index is 15.2. The summed E-state index contributed by atoms with van der Waals surface area (Å²) in [4.78, 5) is 17.5. The van der Waals surface area contributed by atoms with Crippen LogP contribution in [0.25, 0.3) is 0 Å². The van der Waals surface area contributed by atoms with E-state index >= 15 is 4.39 Å². The average molecular weight is 613 g/mol. The molecule has 3 N–H and O–H groups in total. The highest BCUT2D eigenvalue weighted by atomic mass is 32.2. The molecule has 2 rings (SSSR count). The molecule has 0 aliphatic carbocycles. The van der Waals surface area contributed by atoms with Gasteiger partial charge in [-0.25, -0.2) is 27.3 Å². The molecule has 13 heteroatoms. The third kappa shape index (κ3) is 7.47. The number of hydrogen-bond donors (Lipinski definition) is 3. The van der Waals surface area contributed by atoms with Gasteiger partial charge in [0, 0.05) is 5.56 Å². The summed E-state index contributed by atoms with van der Waals surface area (Å²) in [5.74, 6) is -1.37. The van der Waals surface area contributed by atoms with Crippen molar-refractivity contribution in [3.05, 3.63) is 39.3 Å². The van der Waals surface area contributed by atoms with Crippen LogP contribution in [0.3, 0.4) is 0 Å². The minimum atomic E-state index is -4.47. The third-order valence-corrected chi connectivity index (χ3v) is 14.7. The molecule has 1 aromatic heterocycles. The van der Waals surface area contributed by atoms with Crippen molar-refractivity contribution < 1.29 is 27.1 Å². The second kappa shape index (κ2) is 11.9. The van der Waals surface area contributed by atoms with Crippen molar-refractivity contribution >= 4 is 41.4 Å². The first-order chi connectivity index (χ1) is 18.0. The van der Waals surface area contributed by atoms with Gasteiger partial charge in [-0.1, -0.05) is 48.5 Å². The number of halogens is 1. The van der Waals surface area contributed by atoms with Gasteiger partial charge in [-0.15, -0.1) is 11.3 Å². The number of benzene rings is 1. The van der Waals surface area contributed by atoms with E-state index in [-0.39, 0.29) is 49.3 Å². The predicted octanol–water partition coefficient (Wildman–Crippen LogP) is 6.66. The van der Waals surface area contributed by atoms with Crippen LogP contribution >= 0.6 is 11.3 Å². The summed E-state index contributed by atoms with van der Waals surface area (Å²) < 4.78 is 50.1. The van der Waals surface area contributed by atoms with Crippen LogP contribution in [0.15, 0.2) is 10.3 Å². The van der Waals surface area contributed by atoms with Crippen LogP contribution in [-0.4, -0.2) is 32.9 Å². The maximum absolute atomic E-state index is 15.2. The summed E-state index contributed by atoms with van der Waals surface area (Å²) >= 11 is 0.751. The number of rotatable bonds is 9. The molecule has 0 saturated heterocycles. The molecule has 1 aromatic carbocycles. The number of amides is 2. The highest BCUT2D eigenvalue weighted by molar-refractivity contribution is 7.92. The molecular weight excluding hydrogens is 572 g/mol. The number of hydrogen-bond acceptors (Lipinski definition) is 8. The summed E-state index contributed by atoms with van der Waals surface area (Å²) in [7, 11) is -6.76. The molecule has 0 spiro atoms. The molecule has 2 amide bonds. The van der Waals surface area contributed by atoms with E-state index in [1.165, 1.54) is 19.9 Å². The number of anilines is 1. The number of thiazole rings is 1. The third-order valence-electron chi connectivity index (χ3n) is 6.92. The minimum absolute atomic E-state index is 0.0856. The number of carbonyl (C=O) groups excluding carboxylic acids is 1. The molecular formula is C27H41FN4O5S2Si. The smallest absolute Gasteiger partial charge is 0.333 e. The summed E-state index contributed by atoms with van der Waals surface area (Å²) in [5.41, 5.74) is -0.758. The Morgan fingerprint density at radius 3 is 2.23 bits per heavy atom. The first-order valence-electron chi connectivity index (χ1n) is 13.0. The zero-order valence-electron chi connectivity index (χ0n) is 25.1. The lowest BCUT2D eigenvalue weighted by Gasteiger charge is -2.36. The van der Waals surface area contributed by atoms with Crippen molar-refractivity contribution in [2.24, 2.45) is 0 Å². The van der Waals surface area contributed by atoms with Gasteiger partial charge in [0.15, 0.2) is 12.5 Å². The van der Waals surface area contributed by atoms with Crippen LogP contribution in [0.4, 0.5) is 14.9 Å². The van der Waals surface area contributed by atoms with Crippen molar-refractivity contribution in [1.29, 1.82) is 5.26 Å². The molecule has 9 nitrogen and oxygen atoms in total. The van der Waals surface area contributed by atoms with E-state index < -0.39 is 41.7 Å². The first kappa shape index (κ1) is 33.8. The Kier molecular flexibility index (Phi) is 10.0. The van der Waals surface area contributed by atoms with Gasteiger partial charge in [0.1, 0.15) is 22.5 Å². The minimum Gasteiger partial charge on any atom is -0.411 e. The number of nitrogens with one attached hydrogen (secondary N) is 2. The Balaban J connectivity index is 2.52. The van der Waals surface area contributed by atoms with Crippen LogP contribution in [0.5, 0.6) is 0 Å². The maximum Gasteiger partial charge on any atom is 0.333 e. The van der Waals surface area contributed by atoms with Crippen molar-refractivity contribution in [1.82, 2.24) is 9.71 Å². The molecule has 0 aliphatic heterocycles. The summed E-state index contributed by atoms with van der Waals surface area (Å²) in [6, 6.07) is 2.12. The molecule has 0 radical (unpaired) electrons. The van der Waals surface area contributed by atoms with Gasteiger partial charge in [0.2, 0.25) is 0 Å². The van der Waals surface area contributed by atoms with Crippen LogP contribution < -0.4 is 10.0 Å². The Labute approximate surface area is 242 Å². The molecule has 222 valence electrons. The van der Waals surface area contributed by atoms with Crippen molar-refractivity contribution in [3.63, 3.8) is 0 Å². The number of carbonyl (C=O) groups is 1. The molecule has 1 heterocycles. The summed E-state index contributed by atoms with van der Waals surface area (Å²) in [6.07, 6.45) is 0. The number of sulfonamides is 1. The molecule has 2 aromatic rings. The van der Waals surface area contributed by atoms with E-state index in [9.17, 15) is 23.6 Å². The predicted molar refractivity (Wildman–Crippen MR) is 158 cm³/mol. The van der Waals surface area contributed by atoms with E-state index in [0.29, 0.717) is 5.56 Å². The van der Waals surface area contributed by atoms with Crippen LogP contribution in [0.2, 0.25) is 18.1 Å². The second-order valence-electron chi connectivity index (χ2n) is 12.5. The van der Waals surface area contributed by atoms with Gasteiger partial charge in [-0.3, -0.25) is 0 Å². The highest BCUT2D eigenvalue weighted by Crippen LogP contribution is 2.39. The second-order valence-corrected chi connectivity index (χ2v) is 20.1.